The lowest BCUT2D eigenvalue weighted by Crippen LogP contribution is -2.24. The van der Waals surface area contributed by atoms with Crippen LogP contribution in [0.3, 0.4) is 0 Å². The van der Waals surface area contributed by atoms with Crippen LogP contribution in [-0.4, -0.2) is 22.0 Å². The van der Waals surface area contributed by atoms with Crippen molar-refractivity contribution in [1.82, 2.24) is 9.55 Å². The van der Waals surface area contributed by atoms with E-state index in [9.17, 15) is 9.18 Å². The first-order valence-corrected chi connectivity index (χ1v) is 10.2. The van der Waals surface area contributed by atoms with Crippen molar-refractivity contribution in [3.8, 4) is 0 Å². The number of fused-ring (bicyclic) bond motifs is 1. The molecule has 0 saturated carbocycles. The van der Waals surface area contributed by atoms with Crippen molar-refractivity contribution in [2.45, 2.75) is 18.9 Å². The van der Waals surface area contributed by atoms with Gasteiger partial charge in [-0.3, -0.25) is 4.79 Å². The number of halogens is 2. The van der Waals surface area contributed by atoms with Crippen LogP contribution >= 0.6 is 11.6 Å². The Bertz CT molecular complexity index is 1250. The molecule has 3 aromatic carbocycles. The maximum atomic E-state index is 14.4. The molecule has 4 nitrogen and oxygen atoms in total. The lowest BCUT2D eigenvalue weighted by atomic mass is 10.1. The van der Waals surface area contributed by atoms with Crippen LogP contribution < -0.4 is 4.90 Å². The normalized spacial score (nSPS) is 16.5. The molecule has 4 aromatic rings. The number of benzene rings is 3. The zero-order chi connectivity index (χ0) is 20.7. The van der Waals surface area contributed by atoms with E-state index in [1.165, 1.54) is 6.07 Å². The number of carbonyl (C=O) groups is 1. The predicted molar refractivity (Wildman–Crippen MR) is 116 cm³/mol. The van der Waals surface area contributed by atoms with Crippen molar-refractivity contribution in [3.05, 3.63) is 95.0 Å². The number of rotatable bonds is 4. The number of aromatic nitrogens is 2. The molecular weight excluding hydrogens is 401 g/mol. The Morgan fingerprint density at radius 1 is 1.00 bits per heavy atom. The zero-order valence-corrected chi connectivity index (χ0v) is 16.9. The Morgan fingerprint density at radius 2 is 1.73 bits per heavy atom. The summed E-state index contributed by atoms with van der Waals surface area (Å²) in [6.07, 6.45) is 0.339. The Labute approximate surface area is 178 Å². The average molecular weight is 420 g/mol. The molecule has 150 valence electrons. The van der Waals surface area contributed by atoms with Gasteiger partial charge in [-0.25, -0.2) is 9.37 Å². The second kappa shape index (κ2) is 7.58. The SMILES string of the molecule is O=C1C[C@@H](c2nc3ccccc3n2Cc2ccccc2F)CN1c1ccccc1Cl. The summed E-state index contributed by atoms with van der Waals surface area (Å²) < 4.78 is 16.4. The van der Waals surface area contributed by atoms with E-state index in [-0.39, 0.29) is 17.6 Å². The third kappa shape index (κ3) is 3.25. The van der Waals surface area contributed by atoms with Crippen molar-refractivity contribution in [2.75, 3.05) is 11.4 Å². The van der Waals surface area contributed by atoms with Gasteiger partial charge in [-0.05, 0) is 30.3 Å². The van der Waals surface area contributed by atoms with E-state index in [0.717, 1.165) is 16.9 Å². The number of para-hydroxylation sites is 3. The fraction of sp³-hybridized carbons (Fsp3) is 0.167. The number of hydrogen-bond acceptors (Lipinski definition) is 2. The van der Waals surface area contributed by atoms with Gasteiger partial charge in [0.15, 0.2) is 0 Å². The number of nitrogens with zero attached hydrogens (tertiary/aromatic N) is 3. The summed E-state index contributed by atoms with van der Waals surface area (Å²) in [6.45, 7) is 0.850. The number of anilines is 1. The van der Waals surface area contributed by atoms with Crippen molar-refractivity contribution >= 4 is 34.2 Å². The summed E-state index contributed by atoms with van der Waals surface area (Å²) in [4.78, 5) is 19.4. The van der Waals surface area contributed by atoms with Gasteiger partial charge in [-0.1, -0.05) is 54.1 Å². The highest BCUT2D eigenvalue weighted by Crippen LogP contribution is 2.36. The summed E-state index contributed by atoms with van der Waals surface area (Å²) in [5, 5.41) is 0.548. The summed E-state index contributed by atoms with van der Waals surface area (Å²) in [5.74, 6) is 0.453. The Morgan fingerprint density at radius 3 is 2.57 bits per heavy atom. The molecule has 6 heteroatoms. The van der Waals surface area contributed by atoms with Gasteiger partial charge in [0.1, 0.15) is 11.6 Å². The average Bonchev–Trinajstić information content (AvgIpc) is 3.31. The first-order valence-electron chi connectivity index (χ1n) is 9.85. The maximum Gasteiger partial charge on any atom is 0.227 e. The quantitative estimate of drug-likeness (QED) is 0.444. The molecule has 0 spiro atoms. The van der Waals surface area contributed by atoms with E-state index in [4.69, 9.17) is 16.6 Å². The van der Waals surface area contributed by atoms with Crippen LogP contribution in [0.2, 0.25) is 5.02 Å². The van der Waals surface area contributed by atoms with Crippen LogP contribution in [0.25, 0.3) is 11.0 Å². The number of carbonyl (C=O) groups excluding carboxylic acids is 1. The minimum absolute atomic E-state index is 0.0117. The highest BCUT2D eigenvalue weighted by atomic mass is 35.5. The first-order chi connectivity index (χ1) is 14.6. The van der Waals surface area contributed by atoms with Crippen LogP contribution in [0.15, 0.2) is 72.8 Å². The standard InChI is InChI=1S/C24H19ClFN3O/c25-18-8-2-5-11-21(18)28-15-17(13-23(28)30)24-27-20-10-4-6-12-22(20)29(24)14-16-7-1-3-9-19(16)26/h1-12,17H,13-15H2/t17-/m1/s1. The molecule has 0 bridgehead atoms. The predicted octanol–water partition coefficient (Wildman–Crippen LogP) is 5.40. The second-order valence-electron chi connectivity index (χ2n) is 7.49. The summed E-state index contributed by atoms with van der Waals surface area (Å²) in [5.41, 5.74) is 3.07. The van der Waals surface area contributed by atoms with Gasteiger partial charge in [0, 0.05) is 24.4 Å². The highest BCUT2D eigenvalue weighted by molar-refractivity contribution is 6.33. The van der Waals surface area contributed by atoms with Crippen LogP contribution in [0, 0.1) is 5.82 Å². The molecule has 1 amide bonds. The van der Waals surface area contributed by atoms with Gasteiger partial charge in [-0.2, -0.15) is 0 Å². The molecule has 0 unspecified atom stereocenters. The third-order valence-corrected chi connectivity index (χ3v) is 5.92. The van der Waals surface area contributed by atoms with E-state index in [1.54, 1.807) is 23.1 Å². The van der Waals surface area contributed by atoms with Gasteiger partial charge in [0.2, 0.25) is 5.91 Å². The Hall–Kier alpha value is -3.18. The number of amides is 1. The van der Waals surface area contributed by atoms with E-state index in [0.29, 0.717) is 35.8 Å². The lowest BCUT2D eigenvalue weighted by molar-refractivity contribution is -0.117. The van der Waals surface area contributed by atoms with E-state index >= 15 is 0 Å². The second-order valence-corrected chi connectivity index (χ2v) is 7.90. The lowest BCUT2D eigenvalue weighted by Gasteiger charge is -2.18. The van der Waals surface area contributed by atoms with Crippen molar-refractivity contribution < 1.29 is 9.18 Å². The molecule has 1 atom stereocenters. The molecule has 5 rings (SSSR count). The molecule has 2 heterocycles. The monoisotopic (exact) mass is 419 g/mol. The largest absolute Gasteiger partial charge is 0.323 e. The van der Waals surface area contributed by atoms with Gasteiger partial charge in [0.05, 0.1) is 28.3 Å². The van der Waals surface area contributed by atoms with Crippen molar-refractivity contribution in [2.24, 2.45) is 0 Å². The minimum atomic E-state index is -0.249. The van der Waals surface area contributed by atoms with E-state index in [2.05, 4.69) is 0 Å². The Kier molecular flexibility index (Phi) is 4.75. The van der Waals surface area contributed by atoms with Crippen molar-refractivity contribution in [3.63, 3.8) is 0 Å². The van der Waals surface area contributed by atoms with Crippen LogP contribution in [-0.2, 0) is 11.3 Å². The Balaban J connectivity index is 1.55. The molecule has 0 radical (unpaired) electrons. The van der Waals surface area contributed by atoms with Gasteiger partial charge in [-0.15, -0.1) is 0 Å². The molecule has 30 heavy (non-hydrogen) atoms. The molecule has 0 aliphatic carbocycles. The fourth-order valence-electron chi connectivity index (χ4n) is 4.15. The van der Waals surface area contributed by atoms with Crippen LogP contribution in [0.1, 0.15) is 23.7 Å². The number of imidazole rings is 1. The third-order valence-electron chi connectivity index (χ3n) is 5.60. The topological polar surface area (TPSA) is 38.1 Å². The van der Waals surface area contributed by atoms with Crippen LogP contribution in [0.5, 0.6) is 0 Å². The highest BCUT2D eigenvalue weighted by Gasteiger charge is 2.35. The summed E-state index contributed by atoms with van der Waals surface area (Å²) in [7, 11) is 0. The van der Waals surface area contributed by atoms with E-state index < -0.39 is 0 Å². The molecule has 1 aliphatic rings. The molecule has 1 aromatic heterocycles. The molecular formula is C24H19ClFN3O. The molecule has 1 aliphatic heterocycles. The molecule has 1 fully saturated rings. The van der Waals surface area contributed by atoms with Gasteiger partial charge < -0.3 is 9.47 Å². The molecule has 0 N–H and O–H groups in total. The van der Waals surface area contributed by atoms with Crippen LogP contribution in [0.4, 0.5) is 10.1 Å². The smallest absolute Gasteiger partial charge is 0.227 e. The van der Waals surface area contributed by atoms with Crippen molar-refractivity contribution in [1.29, 1.82) is 0 Å². The van der Waals surface area contributed by atoms with E-state index in [1.807, 2.05) is 53.1 Å². The maximum absolute atomic E-state index is 14.4. The summed E-state index contributed by atoms with van der Waals surface area (Å²) in [6, 6.07) is 21.9. The number of hydrogen-bond donors (Lipinski definition) is 0. The fourth-order valence-corrected chi connectivity index (χ4v) is 4.39. The van der Waals surface area contributed by atoms with Gasteiger partial charge in [0.25, 0.3) is 0 Å². The van der Waals surface area contributed by atoms with Gasteiger partial charge >= 0.3 is 0 Å². The first kappa shape index (κ1) is 18.8. The minimum Gasteiger partial charge on any atom is -0.323 e. The molecule has 1 saturated heterocycles. The summed E-state index contributed by atoms with van der Waals surface area (Å²) >= 11 is 6.33. The zero-order valence-electron chi connectivity index (χ0n) is 16.1.